The highest BCUT2D eigenvalue weighted by molar-refractivity contribution is 6.38. The Morgan fingerprint density at radius 2 is 1.65 bits per heavy atom. The Labute approximate surface area is 213 Å². The summed E-state index contributed by atoms with van der Waals surface area (Å²) < 4.78 is 5.74. The number of aliphatic hydroxyl groups excluding tert-OH is 1. The zero-order valence-corrected chi connectivity index (χ0v) is 21.7. The summed E-state index contributed by atoms with van der Waals surface area (Å²) >= 11 is 12.0. The highest BCUT2D eigenvalue weighted by Gasteiger charge is 2.12. The molecule has 0 aliphatic heterocycles. The molecule has 8 heteroatoms. The van der Waals surface area contributed by atoms with Gasteiger partial charge in [-0.05, 0) is 67.6 Å². The number of rotatable bonds is 15. The van der Waals surface area contributed by atoms with E-state index in [0.29, 0.717) is 33.4 Å². The lowest BCUT2D eigenvalue weighted by Crippen LogP contribution is -2.22. The van der Waals surface area contributed by atoms with Gasteiger partial charge in [-0.15, -0.1) is 0 Å². The molecule has 0 saturated heterocycles. The van der Waals surface area contributed by atoms with Crippen LogP contribution in [0.1, 0.15) is 59.7 Å². The van der Waals surface area contributed by atoms with Crippen LogP contribution in [-0.2, 0) is 11.2 Å². The number of nitrogen functional groups attached to an aromatic ring is 1. The molecular weight excluding hydrogens is 473 g/mol. The molecule has 1 atom stereocenters. The molecule has 0 radical (unpaired) electrons. The fourth-order valence-electron chi connectivity index (χ4n) is 3.51. The number of nitrogens with one attached hydrogen (secondary N) is 1. The molecule has 1 amide bonds. The Kier molecular flexibility index (Phi) is 12.7. The van der Waals surface area contributed by atoms with E-state index in [2.05, 4.69) is 5.32 Å². The van der Waals surface area contributed by atoms with E-state index in [1.165, 1.54) is 5.56 Å². The topological polar surface area (TPSA) is 87.8 Å². The van der Waals surface area contributed by atoms with Gasteiger partial charge in [-0.3, -0.25) is 4.79 Å². The van der Waals surface area contributed by atoms with Crippen molar-refractivity contribution in [2.75, 3.05) is 46.1 Å². The Morgan fingerprint density at radius 3 is 2.29 bits per heavy atom. The number of hydrogen-bond donors (Lipinski definition) is 3. The zero-order valence-electron chi connectivity index (χ0n) is 20.2. The van der Waals surface area contributed by atoms with Gasteiger partial charge in [0.25, 0.3) is 5.91 Å². The lowest BCUT2D eigenvalue weighted by Gasteiger charge is -2.14. The van der Waals surface area contributed by atoms with E-state index in [1.54, 1.807) is 31.1 Å². The lowest BCUT2D eigenvalue weighted by molar-refractivity contribution is 0.0827. The maximum Gasteiger partial charge on any atom is 0.253 e. The molecule has 2 aromatic carbocycles. The number of carbonyl (C=O) groups excluding carboxylic acids is 1. The summed E-state index contributed by atoms with van der Waals surface area (Å²) in [5.74, 6) is 0.0251. The van der Waals surface area contributed by atoms with Crippen LogP contribution in [0.4, 0.5) is 5.69 Å². The highest BCUT2D eigenvalue weighted by atomic mass is 35.5. The van der Waals surface area contributed by atoms with Crippen LogP contribution < -0.4 is 11.1 Å². The number of unbranched alkanes of at least 4 members (excludes halogenated alkanes) is 3. The molecule has 2 rings (SSSR count). The van der Waals surface area contributed by atoms with Crippen molar-refractivity contribution in [2.24, 2.45) is 0 Å². The predicted molar refractivity (Wildman–Crippen MR) is 141 cm³/mol. The van der Waals surface area contributed by atoms with E-state index < -0.39 is 6.10 Å². The number of carbonyl (C=O) groups is 1. The summed E-state index contributed by atoms with van der Waals surface area (Å²) in [4.78, 5) is 13.5. The monoisotopic (exact) mass is 509 g/mol. The summed E-state index contributed by atoms with van der Waals surface area (Å²) in [5, 5.41) is 14.3. The molecule has 0 spiro atoms. The van der Waals surface area contributed by atoms with Crippen molar-refractivity contribution >= 4 is 34.8 Å². The third-order valence-corrected chi connectivity index (χ3v) is 6.20. The van der Waals surface area contributed by atoms with Gasteiger partial charge in [-0.2, -0.15) is 0 Å². The van der Waals surface area contributed by atoms with E-state index in [1.807, 2.05) is 24.3 Å². The van der Waals surface area contributed by atoms with Crippen LogP contribution in [0.3, 0.4) is 0 Å². The summed E-state index contributed by atoms with van der Waals surface area (Å²) in [6.45, 7) is 2.81. The van der Waals surface area contributed by atoms with Gasteiger partial charge in [-0.1, -0.05) is 48.2 Å². The number of anilines is 1. The van der Waals surface area contributed by atoms with Crippen molar-refractivity contribution in [1.82, 2.24) is 10.2 Å². The maximum atomic E-state index is 11.9. The zero-order chi connectivity index (χ0) is 24.9. The molecule has 0 aliphatic carbocycles. The number of amides is 1. The molecule has 6 nitrogen and oxygen atoms in total. The van der Waals surface area contributed by atoms with Crippen molar-refractivity contribution in [3.8, 4) is 0 Å². The first-order valence-corrected chi connectivity index (χ1v) is 12.6. The van der Waals surface area contributed by atoms with Gasteiger partial charge in [-0.25, -0.2) is 0 Å². The number of halogens is 2. The molecule has 188 valence electrons. The third-order valence-electron chi connectivity index (χ3n) is 5.58. The van der Waals surface area contributed by atoms with E-state index in [-0.39, 0.29) is 5.91 Å². The number of nitrogens with two attached hydrogens (primary N) is 1. The molecule has 34 heavy (non-hydrogen) atoms. The fourth-order valence-corrected chi connectivity index (χ4v) is 4.02. The van der Waals surface area contributed by atoms with Crippen LogP contribution in [0, 0.1) is 0 Å². The Bertz CT molecular complexity index is 868. The minimum atomic E-state index is -0.678. The van der Waals surface area contributed by atoms with Gasteiger partial charge in [0.1, 0.15) is 0 Å². The summed E-state index contributed by atoms with van der Waals surface area (Å²) in [6, 6.07) is 11.1. The van der Waals surface area contributed by atoms with Crippen LogP contribution in [-0.4, -0.2) is 56.3 Å². The van der Waals surface area contributed by atoms with Gasteiger partial charge < -0.3 is 25.8 Å². The van der Waals surface area contributed by atoms with Crippen molar-refractivity contribution < 1.29 is 14.6 Å². The highest BCUT2D eigenvalue weighted by Crippen LogP contribution is 2.31. The fraction of sp³-hybridized carbons (Fsp3) is 0.500. The minimum absolute atomic E-state index is 0.0251. The molecule has 1 unspecified atom stereocenters. The molecule has 4 N–H and O–H groups in total. The number of hydrogen-bond acceptors (Lipinski definition) is 5. The molecule has 0 heterocycles. The quantitative estimate of drug-likeness (QED) is 0.229. The first-order chi connectivity index (χ1) is 16.3. The standard InChI is InChI=1S/C26H37Cl2N3O3/c1-31(2)26(33)20-11-9-19(10-12-20)8-7-15-34-14-6-4-3-5-13-30-18-24(32)21-16-22(27)25(29)23(28)17-21/h9-12,16-17,24,30,32H,3-8,13-15,18,29H2,1-2H3. The largest absolute Gasteiger partial charge is 0.396 e. The van der Waals surface area contributed by atoms with Crippen LogP contribution in [0.25, 0.3) is 0 Å². The molecule has 0 saturated carbocycles. The molecule has 0 aromatic heterocycles. The number of ether oxygens (including phenoxy) is 1. The van der Waals surface area contributed by atoms with Crippen molar-refractivity contribution in [1.29, 1.82) is 0 Å². The first-order valence-electron chi connectivity index (χ1n) is 11.8. The van der Waals surface area contributed by atoms with Gasteiger partial charge in [0.05, 0.1) is 21.8 Å². The maximum absolute atomic E-state index is 11.9. The second-order valence-corrected chi connectivity index (χ2v) is 9.46. The van der Waals surface area contributed by atoms with E-state index in [9.17, 15) is 9.90 Å². The predicted octanol–water partition coefficient (Wildman–Crippen LogP) is 5.11. The second-order valence-electron chi connectivity index (χ2n) is 8.64. The molecule has 0 bridgehead atoms. The smallest absolute Gasteiger partial charge is 0.253 e. The van der Waals surface area contributed by atoms with Crippen LogP contribution >= 0.6 is 23.2 Å². The lowest BCUT2D eigenvalue weighted by atomic mass is 10.1. The van der Waals surface area contributed by atoms with Crippen molar-refractivity contribution in [2.45, 2.75) is 44.6 Å². The van der Waals surface area contributed by atoms with Gasteiger partial charge in [0.2, 0.25) is 0 Å². The van der Waals surface area contributed by atoms with Gasteiger partial charge >= 0.3 is 0 Å². The van der Waals surface area contributed by atoms with Crippen molar-refractivity contribution in [3.63, 3.8) is 0 Å². The number of aryl methyl sites for hydroxylation is 1. The summed E-state index contributed by atoms with van der Waals surface area (Å²) in [6.07, 6.45) is 5.57. The van der Waals surface area contributed by atoms with Crippen LogP contribution in [0.15, 0.2) is 36.4 Å². The van der Waals surface area contributed by atoms with E-state index >= 15 is 0 Å². The average molecular weight is 511 g/mol. The van der Waals surface area contributed by atoms with E-state index in [0.717, 1.165) is 58.3 Å². The summed E-state index contributed by atoms with van der Waals surface area (Å²) in [7, 11) is 3.52. The second kappa shape index (κ2) is 15.2. The van der Waals surface area contributed by atoms with Crippen LogP contribution in [0.2, 0.25) is 10.0 Å². The molecule has 0 aliphatic rings. The minimum Gasteiger partial charge on any atom is -0.396 e. The summed E-state index contributed by atoms with van der Waals surface area (Å²) in [5.41, 5.74) is 8.66. The Hall–Kier alpha value is -1.83. The van der Waals surface area contributed by atoms with Crippen molar-refractivity contribution in [3.05, 3.63) is 63.1 Å². The number of benzene rings is 2. The van der Waals surface area contributed by atoms with Crippen LogP contribution in [0.5, 0.6) is 0 Å². The molecule has 0 fully saturated rings. The van der Waals surface area contributed by atoms with Gasteiger partial charge in [0.15, 0.2) is 0 Å². The number of aliphatic hydroxyl groups is 1. The molecular formula is C26H37Cl2N3O3. The Balaban J connectivity index is 1.45. The normalized spacial score (nSPS) is 12.0. The van der Waals surface area contributed by atoms with E-state index in [4.69, 9.17) is 33.7 Å². The molecule has 2 aromatic rings. The Morgan fingerprint density at radius 1 is 1.03 bits per heavy atom. The third kappa shape index (κ3) is 9.80. The first kappa shape index (κ1) is 28.4. The number of nitrogens with zero attached hydrogens (tertiary/aromatic N) is 1. The van der Waals surface area contributed by atoms with Gasteiger partial charge in [0, 0.05) is 39.4 Å². The average Bonchev–Trinajstić information content (AvgIpc) is 2.82. The SMILES string of the molecule is CN(C)C(=O)c1ccc(CCCOCCCCCCNCC(O)c2cc(Cl)c(N)c(Cl)c2)cc1.